The van der Waals surface area contributed by atoms with Gasteiger partial charge in [-0.2, -0.15) is 0 Å². The fourth-order valence-corrected chi connectivity index (χ4v) is 2.40. The van der Waals surface area contributed by atoms with Crippen LogP contribution in [0.5, 0.6) is 0 Å². The molecule has 0 aromatic heterocycles. The Hall–Kier alpha value is -0.760. The monoisotopic (exact) mass is 250 g/mol. The van der Waals surface area contributed by atoms with Crippen molar-refractivity contribution in [2.75, 3.05) is 0 Å². The second-order valence-electron chi connectivity index (χ2n) is 5.63. The Kier molecular flexibility index (Phi) is 4.81. The molecular weight excluding hydrogens is 228 g/mol. The molecule has 2 heteroatoms. The summed E-state index contributed by atoms with van der Waals surface area (Å²) in [5, 5.41) is -0.167. The Balaban J connectivity index is 2.99. The molecule has 0 aliphatic carbocycles. The van der Waals surface area contributed by atoms with Crippen LogP contribution in [0.1, 0.15) is 62.4 Å². The van der Waals surface area contributed by atoms with Gasteiger partial charge in [-0.3, -0.25) is 4.79 Å². The van der Waals surface area contributed by atoms with Gasteiger partial charge in [0.1, 0.15) is 0 Å². The minimum Gasteiger partial charge on any atom is -0.282 e. The molecule has 0 amide bonds. The van der Waals surface area contributed by atoms with E-state index in [-0.39, 0.29) is 10.5 Å². The lowest BCUT2D eigenvalue weighted by molar-refractivity contribution is 0.109. The number of hydrogen-bond acceptors (Lipinski definition) is 1. The molecule has 17 heavy (non-hydrogen) atoms. The van der Waals surface area contributed by atoms with Crippen LogP contribution in [-0.4, -0.2) is 5.12 Å². The Bertz CT molecular complexity index is 373. The van der Waals surface area contributed by atoms with E-state index in [0.29, 0.717) is 11.5 Å². The largest absolute Gasteiger partial charge is 0.282 e. The standard InChI is InChI=1S/C15H22OS/c1-5-6-13(15(2,3)4)11-7-9-12(10-8-11)14(16)17/h7-10,13H,5-6H2,1-4H3,(H,16,17). The van der Waals surface area contributed by atoms with Crippen molar-refractivity contribution in [1.82, 2.24) is 0 Å². The molecule has 1 aromatic rings. The molecular formula is C15H22OS. The highest BCUT2D eigenvalue weighted by molar-refractivity contribution is 7.97. The highest BCUT2D eigenvalue weighted by Crippen LogP contribution is 2.38. The summed E-state index contributed by atoms with van der Waals surface area (Å²) in [6, 6.07) is 7.88. The Labute approximate surface area is 110 Å². The second-order valence-corrected chi connectivity index (χ2v) is 6.04. The van der Waals surface area contributed by atoms with Crippen molar-refractivity contribution in [2.45, 2.75) is 46.5 Å². The van der Waals surface area contributed by atoms with Crippen LogP contribution in [-0.2, 0) is 0 Å². The van der Waals surface area contributed by atoms with E-state index in [1.165, 1.54) is 18.4 Å². The van der Waals surface area contributed by atoms with Gasteiger partial charge in [-0.25, -0.2) is 0 Å². The molecule has 0 aliphatic rings. The van der Waals surface area contributed by atoms with Gasteiger partial charge in [-0.1, -0.05) is 58.4 Å². The number of carbonyl (C=O) groups is 1. The Morgan fingerprint density at radius 2 is 1.76 bits per heavy atom. The number of carbonyl (C=O) groups excluding carboxylic acids is 1. The molecule has 94 valence electrons. The molecule has 0 bridgehead atoms. The van der Waals surface area contributed by atoms with Crippen molar-refractivity contribution in [3.8, 4) is 0 Å². The molecule has 0 heterocycles. The van der Waals surface area contributed by atoms with Crippen LogP contribution in [0.4, 0.5) is 0 Å². The van der Waals surface area contributed by atoms with Gasteiger partial charge < -0.3 is 0 Å². The molecule has 0 spiro atoms. The van der Waals surface area contributed by atoms with Crippen molar-refractivity contribution in [2.24, 2.45) is 5.41 Å². The zero-order valence-corrected chi connectivity index (χ0v) is 12.1. The maximum absolute atomic E-state index is 11.1. The smallest absolute Gasteiger partial charge is 0.216 e. The lowest BCUT2D eigenvalue weighted by Gasteiger charge is -2.31. The summed E-state index contributed by atoms with van der Waals surface area (Å²) in [6.45, 7) is 9.02. The molecule has 1 rings (SSSR count). The predicted molar refractivity (Wildman–Crippen MR) is 76.9 cm³/mol. The maximum Gasteiger partial charge on any atom is 0.216 e. The topological polar surface area (TPSA) is 17.1 Å². The zero-order chi connectivity index (χ0) is 13.1. The fraction of sp³-hybridized carbons (Fsp3) is 0.533. The lowest BCUT2D eigenvalue weighted by Crippen LogP contribution is -2.18. The average Bonchev–Trinajstić information content (AvgIpc) is 2.24. The zero-order valence-electron chi connectivity index (χ0n) is 11.2. The predicted octanol–water partition coefficient (Wildman–Crippen LogP) is 4.69. The molecule has 0 aliphatic heterocycles. The van der Waals surface area contributed by atoms with Crippen LogP contribution < -0.4 is 0 Å². The molecule has 0 N–H and O–H groups in total. The van der Waals surface area contributed by atoms with Crippen LogP contribution in [0, 0.1) is 5.41 Å². The molecule has 0 fully saturated rings. The molecule has 0 radical (unpaired) electrons. The van der Waals surface area contributed by atoms with Crippen molar-refractivity contribution in [1.29, 1.82) is 0 Å². The van der Waals surface area contributed by atoms with Gasteiger partial charge in [-0.05, 0) is 23.3 Å². The number of hydrogen-bond donors (Lipinski definition) is 1. The van der Waals surface area contributed by atoms with E-state index in [2.05, 4.69) is 52.5 Å². The molecule has 1 aromatic carbocycles. The molecule has 0 saturated heterocycles. The van der Waals surface area contributed by atoms with E-state index in [9.17, 15) is 4.79 Å². The minimum atomic E-state index is -0.167. The van der Waals surface area contributed by atoms with E-state index in [4.69, 9.17) is 0 Å². The first-order valence-corrected chi connectivity index (χ1v) is 6.64. The van der Waals surface area contributed by atoms with E-state index in [1.807, 2.05) is 12.1 Å². The quantitative estimate of drug-likeness (QED) is 0.767. The van der Waals surface area contributed by atoms with Gasteiger partial charge >= 0.3 is 0 Å². The minimum absolute atomic E-state index is 0.167. The van der Waals surface area contributed by atoms with Gasteiger partial charge in [-0.15, -0.1) is 12.6 Å². The van der Waals surface area contributed by atoms with Crippen molar-refractivity contribution >= 4 is 17.7 Å². The van der Waals surface area contributed by atoms with Crippen molar-refractivity contribution in [3.63, 3.8) is 0 Å². The molecule has 1 atom stereocenters. The first-order chi connectivity index (χ1) is 7.86. The van der Waals surface area contributed by atoms with E-state index in [1.54, 1.807) is 0 Å². The third-order valence-electron chi connectivity index (χ3n) is 3.18. The van der Waals surface area contributed by atoms with Crippen LogP contribution in [0.3, 0.4) is 0 Å². The van der Waals surface area contributed by atoms with Gasteiger partial charge in [0.05, 0.1) is 0 Å². The summed E-state index contributed by atoms with van der Waals surface area (Å²) < 4.78 is 0. The third kappa shape index (κ3) is 3.88. The highest BCUT2D eigenvalue weighted by atomic mass is 32.1. The first-order valence-electron chi connectivity index (χ1n) is 6.19. The summed E-state index contributed by atoms with van der Waals surface area (Å²) in [6.07, 6.45) is 2.35. The first kappa shape index (κ1) is 14.3. The maximum atomic E-state index is 11.1. The normalized spacial score (nSPS) is 13.5. The number of rotatable bonds is 4. The summed E-state index contributed by atoms with van der Waals surface area (Å²) in [7, 11) is 0. The molecule has 1 unspecified atom stereocenters. The fourth-order valence-electron chi connectivity index (χ4n) is 2.25. The highest BCUT2D eigenvalue weighted by Gasteiger charge is 2.25. The number of benzene rings is 1. The SMILES string of the molecule is CCCC(c1ccc(C(=O)S)cc1)C(C)(C)C. The number of thiol groups is 1. The van der Waals surface area contributed by atoms with E-state index < -0.39 is 0 Å². The van der Waals surface area contributed by atoms with Crippen molar-refractivity contribution in [3.05, 3.63) is 35.4 Å². The van der Waals surface area contributed by atoms with Gasteiger partial charge in [0.2, 0.25) is 5.12 Å². The summed E-state index contributed by atoms with van der Waals surface area (Å²) >= 11 is 3.83. The summed E-state index contributed by atoms with van der Waals surface area (Å²) in [5.74, 6) is 0.538. The molecule has 1 nitrogen and oxygen atoms in total. The third-order valence-corrected chi connectivity index (χ3v) is 3.44. The van der Waals surface area contributed by atoms with E-state index in [0.717, 1.165) is 0 Å². The lowest BCUT2D eigenvalue weighted by atomic mass is 9.74. The summed E-state index contributed by atoms with van der Waals surface area (Å²) in [5.41, 5.74) is 2.24. The van der Waals surface area contributed by atoms with Crippen LogP contribution in [0.15, 0.2) is 24.3 Å². The van der Waals surface area contributed by atoms with Crippen LogP contribution in [0.2, 0.25) is 0 Å². The van der Waals surface area contributed by atoms with E-state index >= 15 is 0 Å². The Morgan fingerprint density at radius 1 is 1.24 bits per heavy atom. The van der Waals surface area contributed by atoms with Gasteiger partial charge in [0, 0.05) is 5.56 Å². The summed E-state index contributed by atoms with van der Waals surface area (Å²) in [4.78, 5) is 11.1. The molecule has 0 saturated carbocycles. The average molecular weight is 250 g/mol. The van der Waals surface area contributed by atoms with Crippen molar-refractivity contribution < 1.29 is 4.79 Å². The van der Waals surface area contributed by atoms with Crippen LogP contribution in [0.25, 0.3) is 0 Å². The van der Waals surface area contributed by atoms with Crippen LogP contribution >= 0.6 is 12.6 Å². The van der Waals surface area contributed by atoms with Gasteiger partial charge in [0.25, 0.3) is 0 Å². The Morgan fingerprint density at radius 3 is 2.12 bits per heavy atom. The second kappa shape index (κ2) is 5.72. The van der Waals surface area contributed by atoms with Gasteiger partial charge in [0.15, 0.2) is 0 Å².